The van der Waals surface area contributed by atoms with E-state index in [-0.39, 0.29) is 0 Å². The van der Waals surface area contributed by atoms with Gasteiger partial charge in [0.2, 0.25) is 0 Å². The maximum atomic E-state index is 3.59. The average molecular weight is 259 g/mol. The van der Waals surface area contributed by atoms with Crippen molar-refractivity contribution in [2.75, 3.05) is 13.1 Å². The Kier molecular flexibility index (Phi) is 5.04. The van der Waals surface area contributed by atoms with Crippen LogP contribution in [-0.2, 0) is 0 Å². The lowest BCUT2D eigenvalue weighted by Gasteiger charge is -2.42. The van der Waals surface area contributed by atoms with Crippen molar-refractivity contribution < 1.29 is 0 Å². The second kappa shape index (κ2) is 6.56. The molecule has 0 bridgehead atoms. The van der Waals surface area contributed by atoms with Gasteiger partial charge in [-0.25, -0.2) is 0 Å². The van der Waals surface area contributed by atoms with Gasteiger partial charge < -0.3 is 5.32 Å². The molecule has 1 aromatic carbocycles. The molecule has 1 fully saturated rings. The molecular weight excluding hydrogens is 230 g/mol. The normalized spacial score (nSPS) is 27.4. The second-order valence-corrected chi connectivity index (χ2v) is 6.53. The predicted molar refractivity (Wildman–Crippen MR) is 83.7 cm³/mol. The summed E-state index contributed by atoms with van der Waals surface area (Å²) in [5.41, 5.74) is 3.37. The molecular formula is C18H29N. The first-order chi connectivity index (χ1) is 9.15. The van der Waals surface area contributed by atoms with Crippen LogP contribution in [0.4, 0.5) is 0 Å². The Morgan fingerprint density at radius 2 is 1.95 bits per heavy atom. The molecule has 1 aliphatic rings. The van der Waals surface area contributed by atoms with Crippen molar-refractivity contribution in [1.29, 1.82) is 0 Å². The third-order valence-electron chi connectivity index (χ3n) is 4.89. The number of nitrogens with one attached hydrogen (secondary N) is 1. The van der Waals surface area contributed by atoms with Gasteiger partial charge in [0.05, 0.1) is 0 Å². The summed E-state index contributed by atoms with van der Waals surface area (Å²) in [5, 5.41) is 3.59. The minimum Gasteiger partial charge on any atom is -0.316 e. The maximum absolute atomic E-state index is 3.59. The van der Waals surface area contributed by atoms with Crippen molar-refractivity contribution in [3.63, 3.8) is 0 Å². The maximum Gasteiger partial charge on any atom is 0.00254 e. The van der Waals surface area contributed by atoms with E-state index in [1.807, 2.05) is 0 Å². The lowest BCUT2D eigenvalue weighted by atomic mass is 9.66. The Labute approximate surface area is 118 Å². The van der Waals surface area contributed by atoms with Gasteiger partial charge in [-0.3, -0.25) is 0 Å². The van der Waals surface area contributed by atoms with Gasteiger partial charge in [0, 0.05) is 12.5 Å². The van der Waals surface area contributed by atoms with Crippen molar-refractivity contribution in [2.45, 2.75) is 58.8 Å². The molecule has 0 aliphatic carbocycles. The first kappa shape index (κ1) is 14.6. The summed E-state index contributed by atoms with van der Waals surface area (Å²) in [6.45, 7) is 9.30. The van der Waals surface area contributed by atoms with Crippen molar-refractivity contribution in [2.24, 2.45) is 5.41 Å². The summed E-state index contributed by atoms with van der Waals surface area (Å²) >= 11 is 0. The molecule has 1 saturated heterocycles. The fourth-order valence-electron chi connectivity index (χ4n) is 3.44. The zero-order valence-corrected chi connectivity index (χ0v) is 12.8. The van der Waals surface area contributed by atoms with Crippen LogP contribution >= 0.6 is 0 Å². The lowest BCUT2D eigenvalue weighted by molar-refractivity contribution is 0.167. The lowest BCUT2D eigenvalue weighted by Crippen LogP contribution is -2.42. The Balaban J connectivity index is 2.12. The monoisotopic (exact) mass is 259 g/mol. The molecule has 1 nitrogen and oxygen atoms in total. The van der Waals surface area contributed by atoms with Crippen LogP contribution in [0, 0.1) is 12.3 Å². The number of piperidine rings is 1. The third kappa shape index (κ3) is 3.60. The van der Waals surface area contributed by atoms with Gasteiger partial charge in [0.15, 0.2) is 0 Å². The summed E-state index contributed by atoms with van der Waals surface area (Å²) in [6, 6.07) is 9.20. The predicted octanol–water partition coefficient (Wildman–Crippen LogP) is 4.66. The quantitative estimate of drug-likeness (QED) is 0.758. The molecule has 1 heteroatoms. The van der Waals surface area contributed by atoms with E-state index in [0.29, 0.717) is 11.3 Å². The van der Waals surface area contributed by atoms with E-state index >= 15 is 0 Å². The topological polar surface area (TPSA) is 12.0 Å². The Hall–Kier alpha value is -0.820. The second-order valence-electron chi connectivity index (χ2n) is 6.53. The zero-order chi connectivity index (χ0) is 13.7. The number of benzene rings is 1. The van der Waals surface area contributed by atoms with Crippen LogP contribution < -0.4 is 5.32 Å². The fourth-order valence-corrected chi connectivity index (χ4v) is 3.44. The SMILES string of the molecule is CCCCCC1(C)CCNCC1c1ccc(C)cc1. The Morgan fingerprint density at radius 3 is 2.63 bits per heavy atom. The third-order valence-corrected chi connectivity index (χ3v) is 4.89. The molecule has 2 rings (SSSR count). The summed E-state index contributed by atoms with van der Waals surface area (Å²) < 4.78 is 0. The molecule has 19 heavy (non-hydrogen) atoms. The van der Waals surface area contributed by atoms with E-state index in [2.05, 4.69) is 50.4 Å². The van der Waals surface area contributed by atoms with Gasteiger partial charge in [-0.15, -0.1) is 0 Å². The van der Waals surface area contributed by atoms with Crippen LogP contribution in [0.25, 0.3) is 0 Å². The number of hydrogen-bond acceptors (Lipinski definition) is 1. The van der Waals surface area contributed by atoms with Crippen LogP contribution in [0.15, 0.2) is 24.3 Å². The van der Waals surface area contributed by atoms with Crippen LogP contribution in [0.1, 0.15) is 63.0 Å². The average Bonchev–Trinajstić information content (AvgIpc) is 2.41. The number of hydrogen-bond donors (Lipinski definition) is 1. The molecule has 0 spiro atoms. The smallest absolute Gasteiger partial charge is 0.00254 e. The van der Waals surface area contributed by atoms with E-state index in [1.54, 1.807) is 0 Å². The highest BCUT2D eigenvalue weighted by molar-refractivity contribution is 5.27. The number of unbranched alkanes of at least 4 members (excludes halogenated alkanes) is 2. The summed E-state index contributed by atoms with van der Waals surface area (Å²) in [5.74, 6) is 0.679. The molecule has 1 aliphatic heterocycles. The van der Waals surface area contributed by atoms with E-state index in [0.717, 1.165) is 6.54 Å². The Bertz CT molecular complexity index is 381. The van der Waals surface area contributed by atoms with E-state index in [9.17, 15) is 0 Å². The minimum absolute atomic E-state index is 0.482. The largest absolute Gasteiger partial charge is 0.316 e. The molecule has 1 heterocycles. The van der Waals surface area contributed by atoms with Gasteiger partial charge in [-0.1, -0.05) is 62.9 Å². The van der Waals surface area contributed by atoms with Gasteiger partial charge >= 0.3 is 0 Å². The van der Waals surface area contributed by atoms with Crippen molar-refractivity contribution in [1.82, 2.24) is 5.32 Å². The van der Waals surface area contributed by atoms with Crippen molar-refractivity contribution in [3.05, 3.63) is 35.4 Å². The summed E-state index contributed by atoms with van der Waals surface area (Å²) in [4.78, 5) is 0. The van der Waals surface area contributed by atoms with Crippen LogP contribution in [0.3, 0.4) is 0 Å². The summed E-state index contributed by atoms with van der Waals surface area (Å²) in [6.07, 6.45) is 6.78. The first-order valence-electron chi connectivity index (χ1n) is 7.93. The highest BCUT2D eigenvalue weighted by atomic mass is 14.9. The van der Waals surface area contributed by atoms with Crippen LogP contribution in [0.5, 0.6) is 0 Å². The Morgan fingerprint density at radius 1 is 1.21 bits per heavy atom. The molecule has 2 unspecified atom stereocenters. The van der Waals surface area contributed by atoms with Crippen LogP contribution in [-0.4, -0.2) is 13.1 Å². The molecule has 1 aromatic rings. The van der Waals surface area contributed by atoms with Gasteiger partial charge in [-0.2, -0.15) is 0 Å². The highest BCUT2D eigenvalue weighted by Gasteiger charge is 2.36. The van der Waals surface area contributed by atoms with Crippen LogP contribution in [0.2, 0.25) is 0 Å². The van der Waals surface area contributed by atoms with Gasteiger partial charge in [0.25, 0.3) is 0 Å². The number of aryl methyl sites for hydroxylation is 1. The van der Waals surface area contributed by atoms with E-state index in [1.165, 1.54) is 49.8 Å². The molecule has 0 saturated carbocycles. The van der Waals surface area contributed by atoms with Gasteiger partial charge in [-0.05, 0) is 37.3 Å². The molecule has 0 amide bonds. The van der Waals surface area contributed by atoms with E-state index < -0.39 is 0 Å². The first-order valence-corrected chi connectivity index (χ1v) is 7.93. The van der Waals surface area contributed by atoms with Crippen molar-refractivity contribution >= 4 is 0 Å². The highest BCUT2D eigenvalue weighted by Crippen LogP contribution is 2.44. The summed E-state index contributed by atoms with van der Waals surface area (Å²) in [7, 11) is 0. The van der Waals surface area contributed by atoms with Gasteiger partial charge in [0.1, 0.15) is 0 Å². The minimum atomic E-state index is 0.482. The number of rotatable bonds is 5. The fraction of sp³-hybridized carbons (Fsp3) is 0.667. The molecule has 1 N–H and O–H groups in total. The standard InChI is InChI=1S/C18H29N/c1-4-5-6-11-18(3)12-13-19-14-17(18)16-9-7-15(2)8-10-16/h7-10,17,19H,4-6,11-14H2,1-3H3. The molecule has 0 aromatic heterocycles. The van der Waals surface area contributed by atoms with E-state index in [4.69, 9.17) is 0 Å². The zero-order valence-electron chi connectivity index (χ0n) is 12.8. The molecule has 2 atom stereocenters. The van der Waals surface area contributed by atoms with Crippen molar-refractivity contribution in [3.8, 4) is 0 Å². The molecule has 106 valence electrons. The molecule has 0 radical (unpaired) electrons.